The minimum atomic E-state index is -3.63. The first-order chi connectivity index (χ1) is 9.42. The SMILES string of the molecule is COc1cc(S(=O)(=O)NCc2ccn(C)n2)ccc1N. The Hall–Kier alpha value is -2.06. The van der Waals surface area contributed by atoms with Crippen LogP contribution in [0.2, 0.25) is 0 Å². The van der Waals surface area contributed by atoms with Crippen molar-refractivity contribution < 1.29 is 13.2 Å². The summed E-state index contributed by atoms with van der Waals surface area (Å²) in [6.07, 6.45) is 1.75. The highest BCUT2D eigenvalue weighted by atomic mass is 32.2. The maximum atomic E-state index is 12.1. The van der Waals surface area contributed by atoms with Gasteiger partial charge in [0, 0.05) is 19.3 Å². The van der Waals surface area contributed by atoms with E-state index in [-0.39, 0.29) is 11.4 Å². The van der Waals surface area contributed by atoms with Gasteiger partial charge < -0.3 is 10.5 Å². The zero-order valence-corrected chi connectivity index (χ0v) is 12.0. The second kappa shape index (κ2) is 5.51. The summed E-state index contributed by atoms with van der Waals surface area (Å²) in [6.45, 7) is 0.121. The number of hydrogen-bond acceptors (Lipinski definition) is 5. The molecule has 3 N–H and O–H groups in total. The Morgan fingerprint density at radius 2 is 2.15 bits per heavy atom. The van der Waals surface area contributed by atoms with Crippen molar-refractivity contribution >= 4 is 15.7 Å². The minimum Gasteiger partial charge on any atom is -0.495 e. The molecule has 0 atom stereocenters. The van der Waals surface area contributed by atoms with Crippen molar-refractivity contribution in [1.29, 1.82) is 0 Å². The molecule has 0 radical (unpaired) electrons. The maximum absolute atomic E-state index is 12.1. The van der Waals surface area contributed by atoms with Gasteiger partial charge in [0.05, 0.1) is 29.9 Å². The van der Waals surface area contributed by atoms with E-state index in [1.807, 2.05) is 0 Å². The van der Waals surface area contributed by atoms with Crippen LogP contribution in [-0.4, -0.2) is 25.3 Å². The van der Waals surface area contributed by atoms with Gasteiger partial charge in [-0.3, -0.25) is 4.68 Å². The number of benzene rings is 1. The van der Waals surface area contributed by atoms with Crippen molar-refractivity contribution in [2.45, 2.75) is 11.4 Å². The van der Waals surface area contributed by atoms with Gasteiger partial charge in [-0.2, -0.15) is 5.10 Å². The van der Waals surface area contributed by atoms with Crippen LogP contribution in [0.1, 0.15) is 5.69 Å². The van der Waals surface area contributed by atoms with Gasteiger partial charge in [0.2, 0.25) is 10.0 Å². The van der Waals surface area contributed by atoms with Crippen molar-refractivity contribution in [1.82, 2.24) is 14.5 Å². The number of rotatable bonds is 5. The number of hydrogen-bond donors (Lipinski definition) is 2. The molecule has 0 saturated heterocycles. The molecule has 7 nitrogen and oxygen atoms in total. The van der Waals surface area contributed by atoms with Gasteiger partial charge in [0.1, 0.15) is 5.75 Å². The number of methoxy groups -OCH3 is 1. The van der Waals surface area contributed by atoms with Crippen molar-refractivity contribution in [3.8, 4) is 5.75 Å². The van der Waals surface area contributed by atoms with E-state index < -0.39 is 10.0 Å². The van der Waals surface area contributed by atoms with Crippen LogP contribution < -0.4 is 15.2 Å². The van der Waals surface area contributed by atoms with E-state index in [9.17, 15) is 8.42 Å². The Balaban J connectivity index is 2.17. The Morgan fingerprint density at radius 3 is 2.75 bits per heavy atom. The topological polar surface area (TPSA) is 99.2 Å². The third kappa shape index (κ3) is 3.09. The molecule has 0 aliphatic rings. The molecule has 1 heterocycles. The summed E-state index contributed by atoms with van der Waals surface area (Å²) in [7, 11) is -0.433. The minimum absolute atomic E-state index is 0.0967. The van der Waals surface area contributed by atoms with Crippen LogP contribution in [0, 0.1) is 0 Å². The molecule has 0 aliphatic carbocycles. The summed E-state index contributed by atoms with van der Waals surface area (Å²) in [5, 5.41) is 4.10. The highest BCUT2D eigenvalue weighted by Crippen LogP contribution is 2.24. The molecule has 0 spiro atoms. The van der Waals surface area contributed by atoms with E-state index in [1.54, 1.807) is 24.0 Å². The van der Waals surface area contributed by atoms with E-state index in [2.05, 4.69) is 9.82 Å². The van der Waals surface area contributed by atoms with Gasteiger partial charge in [-0.05, 0) is 18.2 Å². The summed E-state index contributed by atoms with van der Waals surface area (Å²) < 4.78 is 33.4. The summed E-state index contributed by atoms with van der Waals surface area (Å²) in [4.78, 5) is 0.0967. The van der Waals surface area contributed by atoms with Crippen molar-refractivity contribution in [3.63, 3.8) is 0 Å². The number of nitrogens with one attached hydrogen (secondary N) is 1. The number of aryl methyl sites for hydroxylation is 1. The van der Waals surface area contributed by atoms with E-state index >= 15 is 0 Å². The van der Waals surface area contributed by atoms with Crippen LogP contribution >= 0.6 is 0 Å². The fourth-order valence-corrected chi connectivity index (χ4v) is 2.68. The molecule has 108 valence electrons. The Morgan fingerprint density at radius 1 is 1.40 bits per heavy atom. The largest absolute Gasteiger partial charge is 0.495 e. The van der Waals surface area contributed by atoms with E-state index in [0.29, 0.717) is 17.1 Å². The third-order valence-corrected chi connectivity index (χ3v) is 4.13. The molecular formula is C12H16N4O3S. The van der Waals surface area contributed by atoms with Crippen molar-refractivity contribution in [2.24, 2.45) is 7.05 Å². The number of nitrogens with zero attached hydrogens (tertiary/aromatic N) is 2. The van der Waals surface area contributed by atoms with Gasteiger partial charge in [-0.15, -0.1) is 0 Å². The predicted octanol–water partition coefficient (Wildman–Crippen LogP) is 0.489. The molecular weight excluding hydrogens is 280 g/mol. The normalized spacial score (nSPS) is 11.5. The zero-order valence-electron chi connectivity index (χ0n) is 11.2. The first-order valence-corrected chi connectivity index (χ1v) is 7.32. The molecule has 0 unspecified atom stereocenters. The quantitative estimate of drug-likeness (QED) is 0.782. The molecule has 1 aromatic heterocycles. The van der Waals surface area contributed by atoms with Crippen LogP contribution in [0.4, 0.5) is 5.69 Å². The van der Waals surface area contributed by atoms with E-state index in [1.165, 1.54) is 25.3 Å². The molecule has 1 aromatic carbocycles. The summed E-state index contributed by atoms with van der Waals surface area (Å²) >= 11 is 0. The smallest absolute Gasteiger partial charge is 0.241 e. The first-order valence-electron chi connectivity index (χ1n) is 5.84. The van der Waals surface area contributed by atoms with Gasteiger partial charge in [0.25, 0.3) is 0 Å². The van der Waals surface area contributed by atoms with Gasteiger partial charge in [0.15, 0.2) is 0 Å². The molecule has 0 saturated carbocycles. The van der Waals surface area contributed by atoms with Crippen LogP contribution in [0.25, 0.3) is 0 Å². The van der Waals surface area contributed by atoms with Crippen LogP contribution in [0.3, 0.4) is 0 Å². The fourth-order valence-electron chi connectivity index (χ4n) is 1.67. The Labute approximate surface area is 117 Å². The number of ether oxygens (including phenoxy) is 1. The number of aromatic nitrogens is 2. The molecule has 2 rings (SSSR count). The Kier molecular flexibility index (Phi) is 3.96. The molecule has 20 heavy (non-hydrogen) atoms. The lowest BCUT2D eigenvalue weighted by Crippen LogP contribution is -2.23. The van der Waals surface area contributed by atoms with Gasteiger partial charge >= 0.3 is 0 Å². The molecule has 2 aromatic rings. The first kappa shape index (κ1) is 14.4. The van der Waals surface area contributed by atoms with Crippen LogP contribution in [0.5, 0.6) is 5.75 Å². The highest BCUT2D eigenvalue weighted by Gasteiger charge is 2.16. The monoisotopic (exact) mass is 296 g/mol. The maximum Gasteiger partial charge on any atom is 0.241 e. The van der Waals surface area contributed by atoms with E-state index in [0.717, 1.165) is 0 Å². The summed E-state index contributed by atoms with van der Waals surface area (Å²) in [5.41, 5.74) is 6.68. The second-order valence-electron chi connectivity index (χ2n) is 4.21. The molecule has 0 aliphatic heterocycles. The highest BCUT2D eigenvalue weighted by molar-refractivity contribution is 7.89. The van der Waals surface area contributed by atoms with Gasteiger partial charge in [-0.25, -0.2) is 13.1 Å². The predicted molar refractivity (Wildman–Crippen MR) is 74.6 cm³/mol. The van der Waals surface area contributed by atoms with E-state index in [4.69, 9.17) is 10.5 Å². The Bertz CT molecular complexity index is 709. The number of sulfonamides is 1. The number of anilines is 1. The average Bonchev–Trinajstić information content (AvgIpc) is 2.83. The van der Waals surface area contributed by atoms with Crippen molar-refractivity contribution in [3.05, 3.63) is 36.2 Å². The van der Waals surface area contributed by atoms with Crippen LogP contribution in [-0.2, 0) is 23.6 Å². The lowest BCUT2D eigenvalue weighted by Gasteiger charge is -2.09. The third-order valence-electron chi connectivity index (χ3n) is 2.73. The average molecular weight is 296 g/mol. The molecule has 0 fully saturated rings. The number of nitrogen functional groups attached to an aromatic ring is 1. The van der Waals surface area contributed by atoms with Crippen molar-refractivity contribution in [2.75, 3.05) is 12.8 Å². The zero-order chi connectivity index (χ0) is 14.8. The molecule has 0 amide bonds. The summed E-state index contributed by atoms with van der Waals surface area (Å²) in [6, 6.07) is 6.05. The van der Waals surface area contributed by atoms with Crippen LogP contribution in [0.15, 0.2) is 35.4 Å². The van der Waals surface area contributed by atoms with Gasteiger partial charge in [-0.1, -0.05) is 0 Å². The number of nitrogens with two attached hydrogens (primary N) is 1. The standard InChI is InChI=1S/C12H16N4O3S/c1-16-6-5-9(15-16)8-14-20(17,18)10-3-4-11(13)12(7-10)19-2/h3-7,14H,8,13H2,1-2H3. The second-order valence-corrected chi connectivity index (χ2v) is 5.98. The fraction of sp³-hybridized carbons (Fsp3) is 0.250. The lowest BCUT2D eigenvalue weighted by atomic mass is 10.3. The lowest BCUT2D eigenvalue weighted by molar-refractivity contribution is 0.415. The molecule has 0 bridgehead atoms. The molecule has 8 heteroatoms. The summed E-state index contributed by atoms with van der Waals surface area (Å²) in [5.74, 6) is 0.325.